The van der Waals surface area contributed by atoms with Crippen LogP contribution in [0, 0.1) is 0 Å². The fourth-order valence-corrected chi connectivity index (χ4v) is 2.87. The summed E-state index contributed by atoms with van der Waals surface area (Å²) in [6.07, 6.45) is 1.63. The summed E-state index contributed by atoms with van der Waals surface area (Å²) in [6.45, 7) is 0. The van der Waals surface area contributed by atoms with Crippen LogP contribution >= 0.6 is 0 Å². The Kier molecular flexibility index (Phi) is 3.38. The maximum atomic E-state index is 12.4. The third kappa shape index (κ3) is 2.14. The van der Waals surface area contributed by atoms with Gasteiger partial charge in [-0.1, -0.05) is 60.7 Å². The van der Waals surface area contributed by atoms with Gasteiger partial charge in [0, 0.05) is 6.08 Å². The van der Waals surface area contributed by atoms with Crippen molar-refractivity contribution in [2.75, 3.05) is 7.11 Å². The van der Waals surface area contributed by atoms with Crippen molar-refractivity contribution in [2.45, 2.75) is 11.8 Å². The molecule has 0 unspecified atom stereocenters. The van der Waals surface area contributed by atoms with Crippen LogP contribution in [0.2, 0.25) is 0 Å². The highest BCUT2D eigenvalue weighted by Gasteiger charge is 2.39. The molecule has 2 atom stereocenters. The van der Waals surface area contributed by atoms with Crippen LogP contribution in [0.4, 0.5) is 0 Å². The summed E-state index contributed by atoms with van der Waals surface area (Å²) >= 11 is 0. The van der Waals surface area contributed by atoms with Crippen molar-refractivity contribution >= 4 is 5.78 Å². The monoisotopic (exact) mass is 264 g/mol. The molecule has 100 valence electrons. The van der Waals surface area contributed by atoms with E-state index in [-0.39, 0.29) is 17.6 Å². The highest BCUT2D eigenvalue weighted by atomic mass is 16.5. The lowest BCUT2D eigenvalue weighted by molar-refractivity contribution is -0.115. The Bertz CT molecular complexity index is 629. The van der Waals surface area contributed by atoms with Gasteiger partial charge in [0.15, 0.2) is 5.78 Å². The second kappa shape index (κ2) is 5.33. The average molecular weight is 264 g/mol. The first-order valence-corrected chi connectivity index (χ1v) is 6.70. The largest absolute Gasteiger partial charge is 0.500 e. The van der Waals surface area contributed by atoms with Gasteiger partial charge in [0.1, 0.15) is 5.76 Å². The summed E-state index contributed by atoms with van der Waals surface area (Å²) in [4.78, 5) is 12.4. The van der Waals surface area contributed by atoms with Gasteiger partial charge in [0.05, 0.1) is 18.9 Å². The number of ketones is 1. The smallest absolute Gasteiger partial charge is 0.167 e. The minimum atomic E-state index is -0.187. The van der Waals surface area contributed by atoms with Crippen LogP contribution in [0.3, 0.4) is 0 Å². The van der Waals surface area contributed by atoms with Crippen LogP contribution in [-0.2, 0) is 9.53 Å². The molecule has 0 aromatic heterocycles. The highest BCUT2D eigenvalue weighted by molar-refractivity contribution is 6.00. The fourth-order valence-electron chi connectivity index (χ4n) is 2.87. The fraction of sp³-hybridized carbons (Fsp3) is 0.167. The van der Waals surface area contributed by atoms with E-state index in [1.807, 2.05) is 60.7 Å². The number of methoxy groups -OCH3 is 1. The minimum absolute atomic E-state index is 0.0314. The van der Waals surface area contributed by atoms with E-state index in [0.29, 0.717) is 0 Å². The minimum Gasteiger partial charge on any atom is -0.500 e. The zero-order valence-corrected chi connectivity index (χ0v) is 11.3. The molecule has 2 aromatic rings. The average Bonchev–Trinajstić information content (AvgIpc) is 2.85. The van der Waals surface area contributed by atoms with Crippen molar-refractivity contribution in [3.8, 4) is 0 Å². The van der Waals surface area contributed by atoms with Crippen molar-refractivity contribution in [1.82, 2.24) is 0 Å². The van der Waals surface area contributed by atoms with Crippen molar-refractivity contribution in [1.29, 1.82) is 0 Å². The van der Waals surface area contributed by atoms with Crippen LogP contribution < -0.4 is 0 Å². The molecule has 1 aliphatic rings. The summed E-state index contributed by atoms with van der Waals surface area (Å²) in [5.41, 5.74) is 2.15. The van der Waals surface area contributed by atoms with Crippen LogP contribution in [0.15, 0.2) is 72.5 Å². The molecule has 0 fully saturated rings. The summed E-state index contributed by atoms with van der Waals surface area (Å²) in [6, 6.07) is 20.0. The molecule has 0 saturated heterocycles. The molecule has 3 rings (SSSR count). The van der Waals surface area contributed by atoms with Gasteiger partial charge in [-0.15, -0.1) is 0 Å². The topological polar surface area (TPSA) is 26.3 Å². The molecule has 0 bridgehead atoms. The third-order valence-corrected chi connectivity index (χ3v) is 3.78. The Morgan fingerprint density at radius 1 is 0.800 bits per heavy atom. The van der Waals surface area contributed by atoms with E-state index in [4.69, 9.17) is 4.74 Å². The van der Waals surface area contributed by atoms with Crippen molar-refractivity contribution < 1.29 is 9.53 Å². The molecule has 20 heavy (non-hydrogen) atoms. The molecule has 0 aliphatic heterocycles. The second-order valence-corrected chi connectivity index (χ2v) is 4.93. The summed E-state index contributed by atoms with van der Waals surface area (Å²) in [5, 5.41) is 0. The van der Waals surface area contributed by atoms with E-state index in [2.05, 4.69) is 0 Å². The van der Waals surface area contributed by atoms with Gasteiger partial charge < -0.3 is 4.74 Å². The Balaban J connectivity index is 2.07. The molecule has 0 amide bonds. The number of benzene rings is 2. The van der Waals surface area contributed by atoms with Crippen LogP contribution in [-0.4, -0.2) is 12.9 Å². The highest BCUT2D eigenvalue weighted by Crippen LogP contribution is 2.44. The maximum Gasteiger partial charge on any atom is 0.167 e. The Morgan fingerprint density at radius 2 is 1.30 bits per heavy atom. The lowest BCUT2D eigenvalue weighted by atomic mass is 9.82. The number of hydrogen-bond donors (Lipinski definition) is 0. The van der Waals surface area contributed by atoms with Gasteiger partial charge in [-0.25, -0.2) is 0 Å². The van der Waals surface area contributed by atoms with Crippen molar-refractivity contribution in [3.63, 3.8) is 0 Å². The zero-order chi connectivity index (χ0) is 13.9. The summed E-state index contributed by atoms with van der Waals surface area (Å²) in [7, 11) is 1.63. The van der Waals surface area contributed by atoms with E-state index in [0.717, 1.165) is 16.9 Å². The molecule has 0 saturated carbocycles. The molecule has 0 radical (unpaired) electrons. The Morgan fingerprint density at radius 3 is 1.80 bits per heavy atom. The normalized spacial score (nSPS) is 21.6. The Hall–Kier alpha value is -2.35. The standard InChI is InChI=1S/C18H16O2/c1-20-16-12-15(19)17(13-8-4-2-5-9-13)18(16)14-10-6-3-7-11-14/h2-12,17-18H,1H3/t17-,18-/m1/s1. The number of hydrogen-bond acceptors (Lipinski definition) is 2. The van der Waals surface area contributed by atoms with E-state index < -0.39 is 0 Å². The van der Waals surface area contributed by atoms with Crippen LogP contribution in [0.5, 0.6) is 0 Å². The van der Waals surface area contributed by atoms with Gasteiger partial charge in [-0.05, 0) is 11.1 Å². The van der Waals surface area contributed by atoms with Gasteiger partial charge in [-0.3, -0.25) is 4.79 Å². The van der Waals surface area contributed by atoms with Crippen LogP contribution in [0.25, 0.3) is 0 Å². The number of carbonyl (C=O) groups excluding carboxylic acids is 1. The molecule has 0 spiro atoms. The van der Waals surface area contributed by atoms with Crippen molar-refractivity contribution in [3.05, 3.63) is 83.6 Å². The molecule has 2 heteroatoms. The van der Waals surface area contributed by atoms with Gasteiger partial charge in [0.25, 0.3) is 0 Å². The van der Waals surface area contributed by atoms with E-state index in [1.54, 1.807) is 13.2 Å². The van der Waals surface area contributed by atoms with Gasteiger partial charge in [0.2, 0.25) is 0 Å². The molecule has 0 N–H and O–H groups in total. The number of carbonyl (C=O) groups is 1. The molecular formula is C18H16O2. The van der Waals surface area contributed by atoms with Crippen LogP contribution in [0.1, 0.15) is 23.0 Å². The third-order valence-electron chi connectivity index (χ3n) is 3.78. The van der Waals surface area contributed by atoms with Gasteiger partial charge in [-0.2, -0.15) is 0 Å². The van der Waals surface area contributed by atoms with E-state index in [1.165, 1.54) is 0 Å². The maximum absolute atomic E-state index is 12.4. The first-order chi connectivity index (χ1) is 9.81. The molecule has 2 aromatic carbocycles. The van der Waals surface area contributed by atoms with E-state index in [9.17, 15) is 4.79 Å². The second-order valence-electron chi connectivity index (χ2n) is 4.93. The van der Waals surface area contributed by atoms with Gasteiger partial charge >= 0.3 is 0 Å². The number of allylic oxidation sites excluding steroid dienone is 2. The van der Waals surface area contributed by atoms with Crippen molar-refractivity contribution in [2.24, 2.45) is 0 Å². The molecule has 2 nitrogen and oxygen atoms in total. The lowest BCUT2D eigenvalue weighted by Gasteiger charge is -2.22. The first kappa shape index (κ1) is 12.7. The molecular weight excluding hydrogens is 248 g/mol. The number of rotatable bonds is 3. The first-order valence-electron chi connectivity index (χ1n) is 6.70. The quantitative estimate of drug-likeness (QED) is 0.845. The number of ether oxygens (including phenoxy) is 1. The Labute approximate surface area is 118 Å². The SMILES string of the molecule is COC1=CC(=O)[C@@H](c2ccccc2)[C@@H]1c1ccccc1. The molecule has 0 heterocycles. The predicted molar refractivity (Wildman–Crippen MR) is 78.5 cm³/mol. The zero-order valence-electron chi connectivity index (χ0n) is 11.3. The predicted octanol–water partition coefficient (Wildman–Crippen LogP) is 3.67. The summed E-state index contributed by atoms with van der Waals surface area (Å²) in [5.74, 6) is 0.640. The van der Waals surface area contributed by atoms with E-state index >= 15 is 0 Å². The lowest BCUT2D eigenvalue weighted by Crippen LogP contribution is -2.14. The summed E-state index contributed by atoms with van der Waals surface area (Å²) < 4.78 is 5.44. The molecule has 1 aliphatic carbocycles.